The van der Waals surface area contributed by atoms with E-state index in [0.29, 0.717) is 23.0 Å². The van der Waals surface area contributed by atoms with Crippen molar-refractivity contribution in [3.8, 4) is 0 Å². The number of amides is 1. The van der Waals surface area contributed by atoms with Crippen LogP contribution in [-0.2, 0) is 4.79 Å². The Balaban J connectivity index is 2.72. The molecule has 76 valence electrons. The van der Waals surface area contributed by atoms with Gasteiger partial charge in [-0.05, 0) is 34.1 Å². The number of carbonyl (C=O) groups is 1. The number of alkyl halides is 1. The number of hydrogen-bond donors (Lipinski definition) is 1. The minimum Gasteiger partial charge on any atom is -0.325 e. The Hall–Kier alpha value is -0.250. The van der Waals surface area contributed by atoms with Crippen LogP contribution >= 0.6 is 39.1 Å². The number of benzene rings is 1. The molecule has 0 aliphatic heterocycles. The summed E-state index contributed by atoms with van der Waals surface area (Å²) >= 11 is 14.5. The first-order chi connectivity index (χ1) is 6.63. The fourth-order valence-electron chi connectivity index (χ4n) is 0.889. The van der Waals surface area contributed by atoms with Crippen molar-refractivity contribution in [2.45, 2.75) is 6.42 Å². The lowest BCUT2D eigenvalue weighted by Gasteiger charge is -2.06. The molecule has 0 radical (unpaired) electrons. The van der Waals surface area contributed by atoms with Gasteiger partial charge < -0.3 is 5.32 Å². The van der Waals surface area contributed by atoms with Crippen LogP contribution in [0.5, 0.6) is 0 Å². The van der Waals surface area contributed by atoms with Gasteiger partial charge in [-0.15, -0.1) is 11.6 Å². The normalized spacial score (nSPS) is 9.93. The molecular formula is C9H8BrCl2NO. The number of carbonyl (C=O) groups excluding carboxylic acids is 1. The zero-order valence-electron chi connectivity index (χ0n) is 7.19. The van der Waals surface area contributed by atoms with E-state index in [0.717, 1.165) is 4.47 Å². The Kier molecular flexibility index (Phi) is 4.72. The van der Waals surface area contributed by atoms with E-state index < -0.39 is 0 Å². The molecule has 1 N–H and O–H groups in total. The van der Waals surface area contributed by atoms with Gasteiger partial charge in [-0.1, -0.05) is 11.6 Å². The van der Waals surface area contributed by atoms with E-state index in [9.17, 15) is 4.79 Å². The number of anilines is 1. The Bertz CT molecular complexity index is 344. The average molecular weight is 297 g/mol. The first-order valence-electron chi connectivity index (χ1n) is 3.94. The molecule has 1 aromatic rings. The lowest BCUT2D eigenvalue weighted by atomic mass is 10.3. The fourth-order valence-corrected chi connectivity index (χ4v) is 1.84. The van der Waals surface area contributed by atoms with Gasteiger partial charge >= 0.3 is 0 Å². The summed E-state index contributed by atoms with van der Waals surface area (Å²) in [6, 6.07) is 5.17. The molecule has 1 rings (SSSR count). The quantitative estimate of drug-likeness (QED) is 0.847. The van der Waals surface area contributed by atoms with Crippen molar-refractivity contribution in [2.75, 3.05) is 11.2 Å². The highest BCUT2D eigenvalue weighted by atomic mass is 79.9. The molecule has 0 saturated heterocycles. The SMILES string of the molecule is O=C(CCCl)Nc1ccc(Cl)cc1Br. The Morgan fingerprint density at radius 2 is 2.21 bits per heavy atom. The van der Waals surface area contributed by atoms with Gasteiger partial charge in [0.25, 0.3) is 0 Å². The van der Waals surface area contributed by atoms with Gasteiger partial charge in [0.05, 0.1) is 5.69 Å². The summed E-state index contributed by atoms with van der Waals surface area (Å²) in [5.41, 5.74) is 0.699. The maximum absolute atomic E-state index is 11.2. The smallest absolute Gasteiger partial charge is 0.225 e. The fraction of sp³-hybridized carbons (Fsp3) is 0.222. The van der Waals surface area contributed by atoms with E-state index in [1.165, 1.54) is 0 Å². The van der Waals surface area contributed by atoms with Gasteiger partial charge in [-0.3, -0.25) is 4.79 Å². The van der Waals surface area contributed by atoms with Crippen LogP contribution in [0.15, 0.2) is 22.7 Å². The van der Waals surface area contributed by atoms with Gasteiger partial charge in [0.2, 0.25) is 5.91 Å². The van der Waals surface area contributed by atoms with Crippen molar-refractivity contribution in [1.29, 1.82) is 0 Å². The number of nitrogens with one attached hydrogen (secondary N) is 1. The molecule has 0 fully saturated rings. The minimum atomic E-state index is -0.108. The van der Waals surface area contributed by atoms with E-state index in [2.05, 4.69) is 21.2 Å². The van der Waals surface area contributed by atoms with Crippen LogP contribution < -0.4 is 5.32 Å². The molecule has 14 heavy (non-hydrogen) atoms. The molecule has 1 amide bonds. The maximum atomic E-state index is 11.2. The summed E-state index contributed by atoms with van der Waals surface area (Å²) in [7, 11) is 0. The predicted molar refractivity (Wildman–Crippen MR) is 63.1 cm³/mol. The largest absolute Gasteiger partial charge is 0.325 e. The third-order valence-electron chi connectivity index (χ3n) is 1.53. The molecule has 0 spiro atoms. The summed E-state index contributed by atoms with van der Waals surface area (Å²) in [6.07, 6.45) is 0.302. The van der Waals surface area contributed by atoms with Gasteiger partial charge in [0.15, 0.2) is 0 Å². The first-order valence-corrected chi connectivity index (χ1v) is 5.65. The summed E-state index contributed by atoms with van der Waals surface area (Å²) in [5.74, 6) is 0.208. The highest BCUT2D eigenvalue weighted by Crippen LogP contribution is 2.25. The molecule has 0 aliphatic carbocycles. The zero-order valence-corrected chi connectivity index (χ0v) is 10.3. The topological polar surface area (TPSA) is 29.1 Å². The minimum absolute atomic E-state index is 0.108. The van der Waals surface area contributed by atoms with E-state index in [1.54, 1.807) is 18.2 Å². The molecule has 0 heterocycles. The third kappa shape index (κ3) is 3.48. The Morgan fingerprint density at radius 3 is 2.79 bits per heavy atom. The van der Waals surface area contributed by atoms with Crippen LogP contribution in [0.1, 0.15) is 6.42 Å². The van der Waals surface area contributed by atoms with Crippen LogP contribution in [-0.4, -0.2) is 11.8 Å². The molecule has 0 aliphatic rings. The highest BCUT2D eigenvalue weighted by Gasteiger charge is 2.04. The van der Waals surface area contributed by atoms with Crippen LogP contribution in [0.3, 0.4) is 0 Å². The molecule has 0 unspecified atom stereocenters. The number of halogens is 3. The van der Waals surface area contributed by atoms with Crippen molar-refractivity contribution in [3.63, 3.8) is 0 Å². The van der Waals surface area contributed by atoms with Crippen LogP contribution in [0.2, 0.25) is 5.02 Å². The summed E-state index contributed by atoms with van der Waals surface area (Å²) in [5, 5.41) is 3.33. The van der Waals surface area contributed by atoms with E-state index in [-0.39, 0.29) is 5.91 Å². The average Bonchev–Trinajstić information content (AvgIpc) is 2.10. The number of hydrogen-bond acceptors (Lipinski definition) is 1. The molecule has 2 nitrogen and oxygen atoms in total. The van der Waals surface area contributed by atoms with E-state index in [1.807, 2.05) is 0 Å². The van der Waals surface area contributed by atoms with Crippen LogP contribution in [0.4, 0.5) is 5.69 Å². The lowest BCUT2D eigenvalue weighted by Crippen LogP contribution is -2.11. The van der Waals surface area contributed by atoms with Crippen molar-refractivity contribution in [1.82, 2.24) is 0 Å². The molecular weight excluding hydrogens is 289 g/mol. The second-order valence-corrected chi connectivity index (χ2v) is 4.28. The Labute approximate surface area is 101 Å². The molecule has 0 bridgehead atoms. The molecule has 5 heteroatoms. The predicted octanol–water partition coefficient (Wildman–Crippen LogP) is 3.67. The van der Waals surface area contributed by atoms with Crippen molar-refractivity contribution in [3.05, 3.63) is 27.7 Å². The Morgan fingerprint density at radius 1 is 1.50 bits per heavy atom. The van der Waals surface area contributed by atoms with E-state index in [4.69, 9.17) is 23.2 Å². The standard InChI is InChI=1S/C9H8BrCl2NO/c10-7-5-6(12)1-2-8(7)13-9(14)3-4-11/h1-2,5H,3-4H2,(H,13,14). The first kappa shape index (κ1) is 11.8. The van der Waals surface area contributed by atoms with Crippen LogP contribution in [0, 0.1) is 0 Å². The maximum Gasteiger partial charge on any atom is 0.225 e. The van der Waals surface area contributed by atoms with Crippen molar-refractivity contribution >= 4 is 50.7 Å². The van der Waals surface area contributed by atoms with Gasteiger partial charge in [0.1, 0.15) is 0 Å². The second kappa shape index (κ2) is 5.59. The number of rotatable bonds is 3. The lowest BCUT2D eigenvalue weighted by molar-refractivity contribution is -0.115. The van der Waals surface area contributed by atoms with Gasteiger partial charge in [0, 0.05) is 21.8 Å². The molecule has 1 aromatic carbocycles. The highest BCUT2D eigenvalue weighted by molar-refractivity contribution is 9.10. The third-order valence-corrected chi connectivity index (χ3v) is 2.61. The van der Waals surface area contributed by atoms with Crippen LogP contribution in [0.25, 0.3) is 0 Å². The summed E-state index contributed by atoms with van der Waals surface area (Å²) < 4.78 is 0.757. The van der Waals surface area contributed by atoms with Gasteiger partial charge in [-0.2, -0.15) is 0 Å². The van der Waals surface area contributed by atoms with E-state index >= 15 is 0 Å². The van der Waals surface area contributed by atoms with Crippen molar-refractivity contribution < 1.29 is 4.79 Å². The molecule has 0 atom stereocenters. The molecule has 0 aromatic heterocycles. The summed E-state index contributed by atoms with van der Waals surface area (Å²) in [6.45, 7) is 0. The van der Waals surface area contributed by atoms with Crippen molar-refractivity contribution in [2.24, 2.45) is 0 Å². The molecule has 0 saturated carbocycles. The second-order valence-electron chi connectivity index (χ2n) is 2.61. The zero-order chi connectivity index (χ0) is 10.6. The monoisotopic (exact) mass is 295 g/mol. The van der Waals surface area contributed by atoms with Gasteiger partial charge in [-0.25, -0.2) is 0 Å². The summed E-state index contributed by atoms with van der Waals surface area (Å²) in [4.78, 5) is 11.2.